The van der Waals surface area contributed by atoms with Crippen molar-refractivity contribution in [3.63, 3.8) is 0 Å². The van der Waals surface area contributed by atoms with Crippen LogP contribution >= 0.6 is 0 Å². The third-order valence-electron chi connectivity index (χ3n) is 2.60. The lowest BCUT2D eigenvalue weighted by atomic mass is 10.1. The fourth-order valence-electron chi connectivity index (χ4n) is 1.49. The monoisotopic (exact) mass is 236 g/mol. The minimum Gasteiger partial charge on any atom is -0.508 e. The van der Waals surface area contributed by atoms with Gasteiger partial charge in [0.15, 0.2) is 0 Å². The Kier molecular flexibility index (Phi) is 4.97. The minimum absolute atomic E-state index is 0.0994. The van der Waals surface area contributed by atoms with Crippen LogP contribution in [0.4, 0.5) is 0 Å². The number of carbonyl (C=O) groups excluding carboxylic acids is 1. The topological polar surface area (TPSA) is 75.3 Å². The van der Waals surface area contributed by atoms with Crippen LogP contribution in [0.3, 0.4) is 0 Å². The second-order valence-corrected chi connectivity index (χ2v) is 4.40. The minimum atomic E-state index is -0.467. The van der Waals surface area contributed by atoms with Crippen LogP contribution in [0.1, 0.15) is 25.8 Å². The Hall–Kier alpha value is -1.55. The number of phenols is 1. The normalized spacial score (nSPS) is 14.1. The van der Waals surface area contributed by atoms with Crippen LogP contribution in [0.5, 0.6) is 5.75 Å². The van der Waals surface area contributed by atoms with Gasteiger partial charge in [-0.1, -0.05) is 12.1 Å². The third-order valence-corrected chi connectivity index (χ3v) is 2.60. The van der Waals surface area contributed by atoms with Crippen LogP contribution in [0, 0.1) is 0 Å². The van der Waals surface area contributed by atoms with Crippen molar-refractivity contribution in [3.8, 4) is 5.75 Å². The van der Waals surface area contributed by atoms with Crippen molar-refractivity contribution < 1.29 is 9.90 Å². The lowest BCUT2D eigenvalue weighted by molar-refractivity contribution is -0.122. The molecule has 0 aliphatic rings. The number of nitrogens with two attached hydrogens (primary N) is 1. The number of hydrogen-bond donors (Lipinski definition) is 3. The van der Waals surface area contributed by atoms with Gasteiger partial charge < -0.3 is 16.2 Å². The van der Waals surface area contributed by atoms with Gasteiger partial charge in [0.25, 0.3) is 0 Å². The molecule has 0 aliphatic heterocycles. The maximum Gasteiger partial charge on any atom is 0.236 e. The van der Waals surface area contributed by atoms with Gasteiger partial charge in [0.2, 0.25) is 5.91 Å². The van der Waals surface area contributed by atoms with E-state index in [0.717, 1.165) is 18.4 Å². The van der Waals surface area contributed by atoms with Crippen molar-refractivity contribution in [1.82, 2.24) is 5.32 Å². The van der Waals surface area contributed by atoms with Crippen molar-refractivity contribution in [2.24, 2.45) is 5.73 Å². The van der Waals surface area contributed by atoms with Crippen molar-refractivity contribution in [2.75, 3.05) is 0 Å². The fraction of sp³-hybridized carbons (Fsp3) is 0.462. The van der Waals surface area contributed by atoms with Gasteiger partial charge in [-0.05, 0) is 44.4 Å². The van der Waals surface area contributed by atoms with Gasteiger partial charge >= 0.3 is 0 Å². The molecule has 4 nitrogen and oxygen atoms in total. The van der Waals surface area contributed by atoms with E-state index >= 15 is 0 Å². The van der Waals surface area contributed by atoms with E-state index in [1.54, 1.807) is 19.1 Å². The number of phenolic OH excluding ortho intramolecular Hbond substituents is 1. The van der Waals surface area contributed by atoms with E-state index in [-0.39, 0.29) is 17.7 Å². The third kappa shape index (κ3) is 4.87. The Labute approximate surface area is 102 Å². The predicted molar refractivity (Wildman–Crippen MR) is 67.7 cm³/mol. The maximum atomic E-state index is 11.3. The molecule has 1 aromatic rings. The molecule has 0 saturated carbocycles. The molecule has 0 fully saturated rings. The van der Waals surface area contributed by atoms with Gasteiger partial charge in [-0.25, -0.2) is 0 Å². The van der Waals surface area contributed by atoms with Crippen LogP contribution in [0.25, 0.3) is 0 Å². The molecule has 1 unspecified atom stereocenters. The van der Waals surface area contributed by atoms with Crippen LogP contribution in [-0.4, -0.2) is 23.1 Å². The second kappa shape index (κ2) is 6.25. The molecule has 0 saturated heterocycles. The van der Waals surface area contributed by atoms with Crippen LogP contribution < -0.4 is 11.1 Å². The standard InChI is InChI=1S/C13H20N2O2/c1-9(15-13(17)10(2)14)3-4-11-5-7-12(16)8-6-11/h5-10,16H,3-4,14H2,1-2H3,(H,15,17)/t9?,10-/m1/s1. The second-order valence-electron chi connectivity index (χ2n) is 4.40. The molecule has 0 bridgehead atoms. The van der Waals surface area contributed by atoms with E-state index in [0.29, 0.717) is 0 Å². The summed E-state index contributed by atoms with van der Waals surface area (Å²) in [5, 5.41) is 12.0. The maximum absolute atomic E-state index is 11.3. The number of nitrogens with one attached hydrogen (secondary N) is 1. The summed E-state index contributed by atoms with van der Waals surface area (Å²) in [5.74, 6) is 0.148. The number of carbonyl (C=O) groups is 1. The van der Waals surface area contributed by atoms with Crippen LogP contribution in [0.15, 0.2) is 24.3 Å². The largest absolute Gasteiger partial charge is 0.508 e. The summed E-state index contributed by atoms with van der Waals surface area (Å²) in [5.41, 5.74) is 6.61. The van der Waals surface area contributed by atoms with Crippen molar-refractivity contribution in [2.45, 2.75) is 38.8 Å². The lowest BCUT2D eigenvalue weighted by Gasteiger charge is -2.15. The summed E-state index contributed by atoms with van der Waals surface area (Å²) < 4.78 is 0. The van der Waals surface area contributed by atoms with E-state index in [9.17, 15) is 4.79 Å². The first-order valence-corrected chi connectivity index (χ1v) is 5.83. The molecule has 1 aromatic carbocycles. The average Bonchev–Trinajstić information content (AvgIpc) is 2.28. The summed E-state index contributed by atoms with van der Waals surface area (Å²) in [6.07, 6.45) is 1.71. The molecule has 0 aliphatic carbocycles. The number of benzene rings is 1. The number of aromatic hydroxyl groups is 1. The molecule has 17 heavy (non-hydrogen) atoms. The molecule has 1 rings (SSSR count). The first-order chi connectivity index (χ1) is 7.99. The first-order valence-electron chi connectivity index (χ1n) is 5.83. The highest BCUT2D eigenvalue weighted by molar-refractivity contribution is 5.81. The van der Waals surface area contributed by atoms with Gasteiger partial charge in [-0.3, -0.25) is 4.79 Å². The molecule has 0 radical (unpaired) electrons. The molecule has 0 aromatic heterocycles. The zero-order valence-electron chi connectivity index (χ0n) is 10.3. The number of aryl methyl sites for hydroxylation is 1. The molecule has 1 amide bonds. The Morgan fingerprint density at radius 2 is 1.94 bits per heavy atom. The number of amides is 1. The van der Waals surface area contributed by atoms with E-state index in [2.05, 4.69) is 5.32 Å². The van der Waals surface area contributed by atoms with Gasteiger partial charge in [0.1, 0.15) is 5.75 Å². The summed E-state index contributed by atoms with van der Waals surface area (Å²) >= 11 is 0. The molecule has 2 atom stereocenters. The highest BCUT2D eigenvalue weighted by Crippen LogP contribution is 2.11. The number of rotatable bonds is 5. The van der Waals surface area contributed by atoms with Crippen molar-refractivity contribution in [3.05, 3.63) is 29.8 Å². The van der Waals surface area contributed by atoms with Crippen molar-refractivity contribution in [1.29, 1.82) is 0 Å². The summed E-state index contributed by atoms with van der Waals surface area (Å²) in [6.45, 7) is 3.63. The molecule has 94 valence electrons. The Bertz CT molecular complexity index is 360. The summed E-state index contributed by atoms with van der Waals surface area (Å²) in [6, 6.07) is 6.74. The van der Waals surface area contributed by atoms with Crippen molar-refractivity contribution >= 4 is 5.91 Å². The molecule has 0 spiro atoms. The quantitative estimate of drug-likeness (QED) is 0.718. The summed E-state index contributed by atoms with van der Waals surface area (Å²) in [7, 11) is 0. The fourth-order valence-corrected chi connectivity index (χ4v) is 1.49. The van der Waals surface area contributed by atoms with Gasteiger partial charge in [-0.15, -0.1) is 0 Å². The molecular weight excluding hydrogens is 216 g/mol. The average molecular weight is 236 g/mol. The zero-order chi connectivity index (χ0) is 12.8. The highest BCUT2D eigenvalue weighted by atomic mass is 16.3. The predicted octanol–water partition coefficient (Wildman–Crippen LogP) is 1.18. The molecular formula is C13H20N2O2. The highest BCUT2D eigenvalue weighted by Gasteiger charge is 2.10. The molecule has 4 N–H and O–H groups in total. The van der Waals surface area contributed by atoms with Crippen LogP contribution in [-0.2, 0) is 11.2 Å². The SMILES string of the molecule is CC(CCc1ccc(O)cc1)NC(=O)[C@@H](C)N. The van der Waals surface area contributed by atoms with Crippen LogP contribution in [0.2, 0.25) is 0 Å². The molecule has 4 heteroatoms. The van der Waals surface area contributed by atoms with E-state index in [1.165, 1.54) is 0 Å². The first kappa shape index (κ1) is 13.5. The van der Waals surface area contributed by atoms with Gasteiger partial charge in [-0.2, -0.15) is 0 Å². The smallest absolute Gasteiger partial charge is 0.236 e. The van der Waals surface area contributed by atoms with E-state index in [4.69, 9.17) is 10.8 Å². The Morgan fingerprint density at radius 3 is 2.47 bits per heavy atom. The van der Waals surface area contributed by atoms with E-state index < -0.39 is 6.04 Å². The lowest BCUT2D eigenvalue weighted by Crippen LogP contribution is -2.42. The Morgan fingerprint density at radius 1 is 1.35 bits per heavy atom. The van der Waals surface area contributed by atoms with Gasteiger partial charge in [0.05, 0.1) is 6.04 Å². The zero-order valence-corrected chi connectivity index (χ0v) is 10.3. The molecule has 0 heterocycles. The summed E-state index contributed by atoms with van der Waals surface area (Å²) in [4.78, 5) is 11.3. The van der Waals surface area contributed by atoms with E-state index in [1.807, 2.05) is 19.1 Å². The Balaban J connectivity index is 2.35. The van der Waals surface area contributed by atoms with Gasteiger partial charge in [0, 0.05) is 6.04 Å². The number of hydrogen-bond acceptors (Lipinski definition) is 3.